The second kappa shape index (κ2) is 10.6. The summed E-state index contributed by atoms with van der Waals surface area (Å²) in [5.74, 6) is -0.543. The highest BCUT2D eigenvalue weighted by Gasteiger charge is 2.25. The quantitative estimate of drug-likeness (QED) is 0.371. The van der Waals surface area contributed by atoms with E-state index in [-0.39, 0.29) is 31.2 Å². The van der Waals surface area contributed by atoms with E-state index in [1.54, 1.807) is 23.1 Å². The molecule has 0 fully saturated rings. The van der Waals surface area contributed by atoms with Crippen molar-refractivity contribution in [1.29, 1.82) is 0 Å². The molecule has 0 aliphatic carbocycles. The third-order valence-electron chi connectivity index (χ3n) is 5.44. The second-order valence-electron chi connectivity index (χ2n) is 7.80. The molecule has 1 amide bonds. The van der Waals surface area contributed by atoms with Gasteiger partial charge in [0.2, 0.25) is 0 Å². The van der Waals surface area contributed by atoms with Crippen LogP contribution in [-0.2, 0) is 24.4 Å². The van der Waals surface area contributed by atoms with E-state index in [1.807, 2.05) is 42.5 Å². The fourth-order valence-corrected chi connectivity index (χ4v) is 3.67. The molecule has 0 aliphatic rings. The molecule has 180 valence electrons. The number of rotatable bonds is 9. The molecule has 11 nitrogen and oxygen atoms in total. The van der Waals surface area contributed by atoms with E-state index in [1.165, 1.54) is 22.9 Å². The van der Waals surface area contributed by atoms with Crippen molar-refractivity contribution in [3.8, 4) is 0 Å². The van der Waals surface area contributed by atoms with Crippen LogP contribution in [0, 0.1) is 0 Å². The Balaban J connectivity index is 1.73. The number of nitrogens with zero attached hydrogens (tertiary/aromatic N) is 5. The van der Waals surface area contributed by atoms with Gasteiger partial charge in [0.15, 0.2) is 5.69 Å². The fraction of sp³-hybridized carbons (Fsp3) is 0.208. The van der Waals surface area contributed by atoms with Gasteiger partial charge in [-0.3, -0.25) is 24.0 Å². The first-order valence-electron chi connectivity index (χ1n) is 10.9. The van der Waals surface area contributed by atoms with Gasteiger partial charge in [-0.05, 0) is 23.3 Å². The first-order valence-corrected chi connectivity index (χ1v) is 10.9. The minimum absolute atomic E-state index is 0.0795. The molecule has 0 unspecified atom stereocenters. The molecule has 2 heterocycles. The molecular formula is C24H25N7O4. The van der Waals surface area contributed by atoms with Crippen LogP contribution in [0.25, 0.3) is 0 Å². The van der Waals surface area contributed by atoms with E-state index in [0.717, 1.165) is 11.1 Å². The maximum Gasteiger partial charge on any atom is 0.330 e. The highest BCUT2D eigenvalue weighted by molar-refractivity contribution is 6.07. The zero-order chi connectivity index (χ0) is 24.8. The average Bonchev–Trinajstić information content (AvgIpc) is 3.37. The predicted octanol–water partition coefficient (Wildman–Crippen LogP) is 1.25. The van der Waals surface area contributed by atoms with Crippen molar-refractivity contribution >= 4 is 17.4 Å². The van der Waals surface area contributed by atoms with Gasteiger partial charge in [0.1, 0.15) is 18.5 Å². The van der Waals surface area contributed by atoms with Gasteiger partial charge in [-0.15, -0.1) is 0 Å². The van der Waals surface area contributed by atoms with E-state index < -0.39 is 17.2 Å². The Kier molecular flexibility index (Phi) is 7.17. The zero-order valence-corrected chi connectivity index (χ0v) is 19.1. The van der Waals surface area contributed by atoms with Crippen LogP contribution >= 0.6 is 0 Å². The molecule has 3 N–H and O–H groups in total. The molecular weight excluding hydrogens is 450 g/mol. The molecule has 4 rings (SSSR count). The number of nitrogens with two attached hydrogens (primary N) is 1. The van der Waals surface area contributed by atoms with Gasteiger partial charge < -0.3 is 10.5 Å². The van der Waals surface area contributed by atoms with Gasteiger partial charge >= 0.3 is 5.69 Å². The van der Waals surface area contributed by atoms with E-state index in [2.05, 4.69) is 15.1 Å². The van der Waals surface area contributed by atoms with Crippen molar-refractivity contribution in [2.24, 2.45) is 0 Å². The molecule has 0 atom stereocenters. The first kappa shape index (κ1) is 23.6. The Labute approximate surface area is 200 Å². The van der Waals surface area contributed by atoms with Crippen LogP contribution in [-0.4, -0.2) is 43.9 Å². The lowest BCUT2D eigenvalue weighted by Crippen LogP contribution is -2.41. The van der Waals surface area contributed by atoms with Crippen LogP contribution in [0.2, 0.25) is 0 Å². The molecule has 2 aromatic heterocycles. The smallest absolute Gasteiger partial charge is 0.330 e. The molecule has 0 saturated heterocycles. The second-order valence-corrected chi connectivity index (χ2v) is 7.80. The summed E-state index contributed by atoms with van der Waals surface area (Å²) < 4.78 is 7.91. The van der Waals surface area contributed by atoms with Crippen molar-refractivity contribution in [3.63, 3.8) is 0 Å². The Morgan fingerprint density at radius 2 is 1.83 bits per heavy atom. The standard InChI is InChI=1S/C24H25N7O4/c1-35-12-11-30-21(25)20(22(32)28-24(30)34)31(14-17-5-3-2-4-6-17)23(33)19-9-7-18(8-10-19)13-29-16-26-15-27-29/h2-10,15-16H,11-14,25H2,1H3,(H,28,32,34). The molecule has 0 radical (unpaired) electrons. The van der Waals surface area contributed by atoms with Crippen molar-refractivity contribution in [1.82, 2.24) is 24.3 Å². The third kappa shape index (κ3) is 5.36. The Morgan fingerprint density at radius 1 is 1.09 bits per heavy atom. The summed E-state index contributed by atoms with van der Waals surface area (Å²) in [6, 6.07) is 16.2. The maximum atomic E-state index is 13.7. The largest absolute Gasteiger partial charge is 0.383 e. The number of ether oxygens (including phenoxy) is 1. The van der Waals surface area contributed by atoms with Gasteiger partial charge in [-0.2, -0.15) is 5.10 Å². The maximum absolute atomic E-state index is 13.7. The number of amides is 1. The molecule has 0 aliphatic heterocycles. The average molecular weight is 476 g/mol. The van der Waals surface area contributed by atoms with Crippen molar-refractivity contribution in [2.75, 3.05) is 24.4 Å². The number of carbonyl (C=O) groups is 1. The first-order chi connectivity index (χ1) is 17.0. The Hall–Kier alpha value is -4.51. The molecule has 0 saturated carbocycles. The lowest BCUT2D eigenvalue weighted by atomic mass is 10.1. The van der Waals surface area contributed by atoms with Gasteiger partial charge in [0, 0.05) is 12.7 Å². The topological polar surface area (TPSA) is 141 Å². The molecule has 2 aromatic carbocycles. The van der Waals surface area contributed by atoms with Gasteiger partial charge in [-0.1, -0.05) is 42.5 Å². The summed E-state index contributed by atoms with van der Waals surface area (Å²) in [4.78, 5) is 46.4. The van der Waals surface area contributed by atoms with E-state index in [9.17, 15) is 14.4 Å². The lowest BCUT2D eigenvalue weighted by molar-refractivity contribution is 0.0984. The number of hydrogen-bond donors (Lipinski definition) is 2. The monoisotopic (exact) mass is 475 g/mol. The number of nitrogens with one attached hydrogen (secondary N) is 1. The SMILES string of the molecule is COCCn1c(N)c(N(Cc2ccccc2)C(=O)c2ccc(Cn3cncn3)cc2)c(=O)[nH]c1=O. The number of methoxy groups -OCH3 is 1. The van der Waals surface area contributed by atoms with Crippen molar-refractivity contribution in [3.05, 3.63) is 105 Å². The number of nitrogen functional groups attached to an aromatic ring is 1. The highest BCUT2D eigenvalue weighted by Crippen LogP contribution is 2.22. The van der Waals surface area contributed by atoms with Gasteiger partial charge in [-0.25, -0.2) is 14.5 Å². The molecule has 0 spiro atoms. The van der Waals surface area contributed by atoms with Crippen LogP contribution in [0.1, 0.15) is 21.5 Å². The van der Waals surface area contributed by atoms with Gasteiger partial charge in [0.05, 0.1) is 26.2 Å². The Morgan fingerprint density at radius 3 is 2.49 bits per heavy atom. The van der Waals surface area contributed by atoms with Gasteiger partial charge in [0.25, 0.3) is 11.5 Å². The minimum atomic E-state index is -0.742. The number of carbonyl (C=O) groups excluding carboxylic acids is 1. The summed E-state index contributed by atoms with van der Waals surface area (Å²) in [6.07, 6.45) is 3.06. The zero-order valence-electron chi connectivity index (χ0n) is 19.1. The van der Waals surface area contributed by atoms with Crippen molar-refractivity contribution < 1.29 is 9.53 Å². The van der Waals surface area contributed by atoms with E-state index in [4.69, 9.17) is 10.5 Å². The predicted molar refractivity (Wildman–Crippen MR) is 130 cm³/mol. The number of H-pyrrole nitrogens is 1. The normalized spacial score (nSPS) is 10.9. The fourth-order valence-electron chi connectivity index (χ4n) is 3.67. The summed E-state index contributed by atoms with van der Waals surface area (Å²) in [6.45, 7) is 0.903. The number of benzene rings is 2. The summed E-state index contributed by atoms with van der Waals surface area (Å²) in [7, 11) is 1.49. The number of aromatic nitrogens is 5. The van der Waals surface area contributed by atoms with Crippen LogP contribution in [0.15, 0.2) is 76.8 Å². The molecule has 4 aromatic rings. The van der Waals surface area contributed by atoms with Crippen LogP contribution in [0.4, 0.5) is 11.5 Å². The lowest BCUT2D eigenvalue weighted by Gasteiger charge is -2.25. The van der Waals surface area contributed by atoms with Crippen LogP contribution in [0.3, 0.4) is 0 Å². The summed E-state index contributed by atoms with van der Waals surface area (Å²) in [5, 5.41) is 4.08. The van der Waals surface area contributed by atoms with E-state index >= 15 is 0 Å². The molecule has 35 heavy (non-hydrogen) atoms. The third-order valence-corrected chi connectivity index (χ3v) is 5.44. The Bertz CT molecular complexity index is 1390. The van der Waals surface area contributed by atoms with Crippen molar-refractivity contribution in [2.45, 2.75) is 19.6 Å². The summed E-state index contributed by atoms with van der Waals surface area (Å²) >= 11 is 0. The molecule has 0 bridgehead atoms. The van der Waals surface area contributed by atoms with Crippen LogP contribution in [0.5, 0.6) is 0 Å². The number of hydrogen-bond acceptors (Lipinski definition) is 7. The highest BCUT2D eigenvalue weighted by atomic mass is 16.5. The summed E-state index contributed by atoms with van der Waals surface area (Å²) in [5.41, 5.74) is 6.84. The molecule has 11 heteroatoms. The minimum Gasteiger partial charge on any atom is -0.383 e. The van der Waals surface area contributed by atoms with E-state index in [0.29, 0.717) is 12.1 Å². The number of anilines is 2. The number of aromatic amines is 1. The van der Waals surface area contributed by atoms with Crippen LogP contribution < -0.4 is 21.9 Å².